The highest BCUT2D eigenvalue weighted by Gasteiger charge is 2.22. The number of hydrogen-bond donors (Lipinski definition) is 1. The van der Waals surface area contributed by atoms with Gasteiger partial charge in [-0.25, -0.2) is 8.42 Å². The summed E-state index contributed by atoms with van der Waals surface area (Å²) in [4.78, 5) is 13.1. The van der Waals surface area contributed by atoms with E-state index in [2.05, 4.69) is 23.5 Å². The van der Waals surface area contributed by atoms with Crippen LogP contribution < -0.4 is 9.62 Å². The number of nitrogens with one attached hydrogen (secondary N) is 1. The fraction of sp³-hybridized carbons (Fsp3) is 0.269. The third kappa shape index (κ3) is 4.55. The van der Waals surface area contributed by atoms with E-state index in [1.165, 1.54) is 35.3 Å². The van der Waals surface area contributed by atoms with Gasteiger partial charge in [-0.15, -0.1) is 0 Å². The molecule has 1 amide bonds. The van der Waals surface area contributed by atoms with Crippen LogP contribution in [0.2, 0.25) is 0 Å². The fourth-order valence-electron chi connectivity index (χ4n) is 4.12. The lowest BCUT2D eigenvalue weighted by atomic mass is 9.89. The smallest absolute Gasteiger partial charge is 0.264 e. The van der Waals surface area contributed by atoms with Crippen molar-refractivity contribution in [3.8, 4) is 0 Å². The van der Waals surface area contributed by atoms with Crippen LogP contribution in [0.3, 0.4) is 0 Å². The first kappa shape index (κ1) is 22.1. The molecular formula is C26H28N2O3S. The van der Waals surface area contributed by atoms with Gasteiger partial charge in [-0.1, -0.05) is 42.5 Å². The third-order valence-electron chi connectivity index (χ3n) is 6.09. The highest BCUT2D eigenvalue weighted by molar-refractivity contribution is 7.92. The number of nitrogens with zero attached hydrogens (tertiary/aromatic N) is 1. The molecule has 3 aromatic carbocycles. The van der Waals surface area contributed by atoms with E-state index in [0.29, 0.717) is 11.3 Å². The van der Waals surface area contributed by atoms with Crippen LogP contribution in [0.15, 0.2) is 77.7 Å². The van der Waals surface area contributed by atoms with Crippen LogP contribution in [-0.2, 0) is 22.9 Å². The molecule has 0 aliphatic heterocycles. The van der Waals surface area contributed by atoms with Crippen LogP contribution in [0.5, 0.6) is 0 Å². The molecule has 3 aromatic rings. The Bertz CT molecular complexity index is 1220. The van der Waals surface area contributed by atoms with E-state index in [1.54, 1.807) is 54.6 Å². The molecule has 166 valence electrons. The summed E-state index contributed by atoms with van der Waals surface area (Å²) in [5.41, 5.74) is 4.72. The predicted molar refractivity (Wildman–Crippen MR) is 127 cm³/mol. The number of amides is 1. The fourth-order valence-corrected chi connectivity index (χ4v) is 5.33. The molecular weight excluding hydrogens is 420 g/mol. The van der Waals surface area contributed by atoms with Gasteiger partial charge in [-0.05, 0) is 79.6 Å². The lowest BCUT2D eigenvalue weighted by Gasteiger charge is -2.21. The Kier molecular flexibility index (Phi) is 6.33. The SMILES string of the molecule is C[C@H](NC(=O)c1cccc(N(C)S(=O)(=O)c2ccccc2)c1)c1ccc2c(c1)CCCC2. The number of fused-ring (bicyclic) bond motifs is 1. The predicted octanol–water partition coefficient (Wildman–Crippen LogP) is 4.88. The second-order valence-electron chi connectivity index (χ2n) is 8.27. The molecule has 0 heterocycles. The largest absolute Gasteiger partial charge is 0.346 e. The van der Waals surface area contributed by atoms with Gasteiger partial charge < -0.3 is 5.32 Å². The van der Waals surface area contributed by atoms with Crippen LogP contribution >= 0.6 is 0 Å². The summed E-state index contributed by atoms with van der Waals surface area (Å²) in [6.07, 6.45) is 4.67. The molecule has 0 spiro atoms. The number of benzene rings is 3. The number of anilines is 1. The lowest BCUT2D eigenvalue weighted by Crippen LogP contribution is -2.28. The summed E-state index contributed by atoms with van der Waals surface area (Å²) in [7, 11) is -2.21. The molecule has 0 radical (unpaired) electrons. The Morgan fingerprint density at radius 2 is 1.62 bits per heavy atom. The van der Waals surface area contributed by atoms with E-state index in [-0.39, 0.29) is 16.8 Å². The van der Waals surface area contributed by atoms with Crippen molar-refractivity contribution in [2.24, 2.45) is 0 Å². The molecule has 0 saturated heterocycles. The van der Waals surface area contributed by atoms with Gasteiger partial charge in [-0.2, -0.15) is 0 Å². The quantitative estimate of drug-likeness (QED) is 0.584. The molecule has 0 unspecified atom stereocenters. The standard InChI is InChI=1S/C26H28N2O3S/c1-19(21-16-15-20-9-6-7-10-22(20)17-21)27-26(29)23-11-8-12-24(18-23)28(2)32(30,31)25-13-4-3-5-14-25/h3-5,8,11-19H,6-7,9-10H2,1-2H3,(H,27,29)/t19-/m0/s1. The zero-order valence-corrected chi connectivity index (χ0v) is 19.2. The van der Waals surface area contributed by atoms with E-state index in [0.717, 1.165) is 18.4 Å². The maximum atomic E-state index is 12.9. The van der Waals surface area contributed by atoms with Crippen molar-refractivity contribution in [3.63, 3.8) is 0 Å². The monoisotopic (exact) mass is 448 g/mol. The second-order valence-corrected chi connectivity index (χ2v) is 10.2. The summed E-state index contributed by atoms with van der Waals surface area (Å²) >= 11 is 0. The van der Waals surface area contributed by atoms with E-state index in [9.17, 15) is 13.2 Å². The van der Waals surface area contributed by atoms with Crippen LogP contribution in [-0.4, -0.2) is 21.4 Å². The number of hydrogen-bond acceptors (Lipinski definition) is 3. The van der Waals surface area contributed by atoms with Gasteiger partial charge in [0.2, 0.25) is 0 Å². The molecule has 4 rings (SSSR count). The third-order valence-corrected chi connectivity index (χ3v) is 7.89. The van der Waals surface area contributed by atoms with Crippen molar-refractivity contribution in [2.45, 2.75) is 43.5 Å². The average molecular weight is 449 g/mol. The Labute approximate surface area is 190 Å². The molecule has 1 aliphatic rings. The van der Waals surface area contributed by atoms with E-state index in [4.69, 9.17) is 0 Å². The van der Waals surface area contributed by atoms with Crippen molar-refractivity contribution in [3.05, 3.63) is 95.1 Å². The molecule has 0 aromatic heterocycles. The molecule has 1 aliphatic carbocycles. The van der Waals surface area contributed by atoms with Gasteiger partial charge >= 0.3 is 0 Å². The second kappa shape index (κ2) is 9.17. The normalized spacial score (nSPS) is 14.3. The van der Waals surface area contributed by atoms with Crippen LogP contribution in [0.1, 0.15) is 52.9 Å². The van der Waals surface area contributed by atoms with Crippen LogP contribution in [0.25, 0.3) is 0 Å². The number of carbonyl (C=O) groups excluding carboxylic acids is 1. The lowest BCUT2D eigenvalue weighted by molar-refractivity contribution is 0.0940. The van der Waals surface area contributed by atoms with Gasteiger partial charge in [0.05, 0.1) is 16.6 Å². The highest BCUT2D eigenvalue weighted by atomic mass is 32.2. The number of carbonyl (C=O) groups is 1. The maximum absolute atomic E-state index is 12.9. The average Bonchev–Trinajstić information content (AvgIpc) is 2.83. The molecule has 32 heavy (non-hydrogen) atoms. The van der Waals surface area contributed by atoms with Gasteiger partial charge in [0.15, 0.2) is 0 Å². The molecule has 1 atom stereocenters. The van der Waals surface area contributed by atoms with Crippen molar-refractivity contribution >= 4 is 21.6 Å². The van der Waals surface area contributed by atoms with Gasteiger partial charge in [0.1, 0.15) is 0 Å². The van der Waals surface area contributed by atoms with E-state index < -0.39 is 10.0 Å². The zero-order valence-electron chi connectivity index (χ0n) is 18.4. The van der Waals surface area contributed by atoms with E-state index in [1.807, 2.05) is 6.92 Å². The number of sulfonamides is 1. The van der Waals surface area contributed by atoms with Crippen LogP contribution in [0, 0.1) is 0 Å². The molecule has 0 bridgehead atoms. The van der Waals surface area contributed by atoms with Crippen molar-refractivity contribution in [1.29, 1.82) is 0 Å². The molecule has 1 N–H and O–H groups in total. The highest BCUT2D eigenvalue weighted by Crippen LogP contribution is 2.26. The molecule has 5 nitrogen and oxygen atoms in total. The van der Waals surface area contributed by atoms with Gasteiger partial charge in [-0.3, -0.25) is 9.10 Å². The molecule has 6 heteroatoms. The summed E-state index contributed by atoms with van der Waals surface area (Å²) in [5, 5.41) is 3.05. The number of aryl methyl sites for hydroxylation is 2. The Morgan fingerprint density at radius 1 is 0.906 bits per heavy atom. The summed E-state index contributed by atoms with van der Waals surface area (Å²) in [6, 6.07) is 21.3. The topological polar surface area (TPSA) is 66.5 Å². The Hall–Kier alpha value is -3.12. The Morgan fingerprint density at radius 3 is 2.38 bits per heavy atom. The van der Waals surface area contributed by atoms with Crippen molar-refractivity contribution in [1.82, 2.24) is 5.32 Å². The van der Waals surface area contributed by atoms with E-state index >= 15 is 0 Å². The first-order chi connectivity index (χ1) is 15.4. The number of rotatable bonds is 6. The van der Waals surface area contributed by atoms with Crippen LogP contribution in [0.4, 0.5) is 5.69 Å². The van der Waals surface area contributed by atoms with Gasteiger partial charge in [0.25, 0.3) is 15.9 Å². The first-order valence-electron chi connectivity index (χ1n) is 10.9. The zero-order chi connectivity index (χ0) is 22.7. The minimum Gasteiger partial charge on any atom is -0.346 e. The van der Waals surface area contributed by atoms with Crippen molar-refractivity contribution in [2.75, 3.05) is 11.4 Å². The summed E-state index contributed by atoms with van der Waals surface area (Å²) < 4.78 is 27.0. The first-order valence-corrected chi connectivity index (χ1v) is 12.4. The molecule has 0 saturated carbocycles. The minimum atomic E-state index is -3.71. The summed E-state index contributed by atoms with van der Waals surface area (Å²) in [5.74, 6) is -0.234. The maximum Gasteiger partial charge on any atom is 0.264 e. The van der Waals surface area contributed by atoms with Gasteiger partial charge in [0, 0.05) is 12.6 Å². The Balaban J connectivity index is 1.51. The van der Waals surface area contributed by atoms with Crippen molar-refractivity contribution < 1.29 is 13.2 Å². The minimum absolute atomic E-state index is 0.149. The molecule has 0 fully saturated rings. The summed E-state index contributed by atoms with van der Waals surface area (Å²) in [6.45, 7) is 1.97.